The molecule has 0 aromatic carbocycles. The Hall–Kier alpha value is -4.28. The third kappa shape index (κ3) is 3.04. The molecule has 0 saturated heterocycles. The van der Waals surface area contributed by atoms with Crippen molar-refractivity contribution in [1.29, 1.82) is 0 Å². The molecule has 29 heavy (non-hydrogen) atoms. The van der Waals surface area contributed by atoms with Gasteiger partial charge in [0.15, 0.2) is 29.4 Å². The second-order valence-electron chi connectivity index (χ2n) is 6.46. The summed E-state index contributed by atoms with van der Waals surface area (Å²) in [5.41, 5.74) is 1.59. The number of fused-ring (bicyclic) bond motifs is 3. The van der Waals surface area contributed by atoms with Crippen molar-refractivity contribution in [2.45, 2.75) is 0 Å². The van der Waals surface area contributed by atoms with Gasteiger partial charge in [0.1, 0.15) is 12.7 Å². The molecular weight excluding hydrogens is 374 g/mol. The lowest BCUT2D eigenvalue weighted by Gasteiger charge is -2.07. The Morgan fingerprint density at radius 1 is 1.17 bits per heavy atom. The van der Waals surface area contributed by atoms with Gasteiger partial charge >= 0.3 is 6.03 Å². The maximum absolute atomic E-state index is 12.5. The fourth-order valence-electron chi connectivity index (χ4n) is 3.02. The van der Waals surface area contributed by atoms with Crippen molar-refractivity contribution in [1.82, 2.24) is 29.4 Å². The lowest BCUT2D eigenvalue weighted by molar-refractivity contribution is -0.670. The molecule has 0 atom stereocenters. The molecule has 0 fully saturated rings. The van der Waals surface area contributed by atoms with Crippen LogP contribution in [0.25, 0.3) is 28.3 Å². The van der Waals surface area contributed by atoms with Gasteiger partial charge in [-0.25, -0.2) is 14.3 Å². The van der Waals surface area contributed by atoms with Crippen LogP contribution in [0.15, 0.2) is 53.5 Å². The first-order valence-electron chi connectivity index (χ1n) is 8.74. The monoisotopic (exact) mass is 390 g/mol. The average molecular weight is 390 g/mol. The number of aryl methyl sites for hydroxylation is 2. The van der Waals surface area contributed by atoms with Crippen LogP contribution in [-0.4, -0.2) is 35.4 Å². The number of nitrogens with zero attached hydrogens (tertiary/aromatic N) is 7. The Morgan fingerprint density at radius 3 is 2.86 bits per heavy atom. The summed E-state index contributed by atoms with van der Waals surface area (Å²) in [5, 5.41) is 15.0. The van der Waals surface area contributed by atoms with Crippen molar-refractivity contribution >= 4 is 34.3 Å². The van der Waals surface area contributed by atoms with E-state index in [-0.39, 0.29) is 5.95 Å². The largest absolute Gasteiger partial charge is 0.461 e. The molecular formula is C18H16N9O2+. The maximum Gasteiger partial charge on any atom is 0.326 e. The van der Waals surface area contributed by atoms with Crippen LogP contribution in [0.2, 0.25) is 0 Å². The smallest absolute Gasteiger partial charge is 0.326 e. The second-order valence-corrected chi connectivity index (χ2v) is 6.46. The van der Waals surface area contributed by atoms with Gasteiger partial charge in [0, 0.05) is 19.3 Å². The van der Waals surface area contributed by atoms with Crippen LogP contribution in [0.5, 0.6) is 0 Å². The number of pyridine rings is 1. The number of anilines is 2. The van der Waals surface area contributed by atoms with Gasteiger partial charge in [-0.2, -0.15) is 14.6 Å². The van der Waals surface area contributed by atoms with Crippen LogP contribution < -0.4 is 15.2 Å². The van der Waals surface area contributed by atoms with Crippen molar-refractivity contribution < 1.29 is 13.8 Å². The van der Waals surface area contributed by atoms with Crippen LogP contribution >= 0.6 is 0 Å². The van der Waals surface area contributed by atoms with Crippen molar-refractivity contribution in [3.63, 3.8) is 0 Å². The van der Waals surface area contributed by atoms with Gasteiger partial charge in [-0.1, -0.05) is 0 Å². The van der Waals surface area contributed by atoms with Crippen molar-refractivity contribution in [2.75, 3.05) is 10.6 Å². The molecule has 0 spiro atoms. The fourth-order valence-corrected chi connectivity index (χ4v) is 3.02. The van der Waals surface area contributed by atoms with Crippen LogP contribution in [-0.2, 0) is 14.1 Å². The quantitative estimate of drug-likeness (QED) is 0.453. The zero-order valence-electron chi connectivity index (χ0n) is 15.6. The SMILES string of the molecule is Cn1cc2c(nc(NC(=O)Nc3ccc[n+](C)c3)n3nc(-c4ccco4)nc23)n1. The maximum atomic E-state index is 12.5. The molecule has 0 radical (unpaired) electrons. The Balaban J connectivity index is 1.57. The highest BCUT2D eigenvalue weighted by Crippen LogP contribution is 2.23. The van der Waals surface area contributed by atoms with Gasteiger partial charge in [-0.15, -0.1) is 5.10 Å². The zero-order valence-corrected chi connectivity index (χ0v) is 15.6. The number of hydrogen-bond acceptors (Lipinski definition) is 6. The molecule has 5 aromatic rings. The topological polar surface area (TPSA) is 119 Å². The van der Waals surface area contributed by atoms with Crippen molar-refractivity contribution in [2.24, 2.45) is 14.1 Å². The van der Waals surface area contributed by atoms with E-state index in [0.717, 1.165) is 0 Å². The Morgan fingerprint density at radius 2 is 2.07 bits per heavy atom. The summed E-state index contributed by atoms with van der Waals surface area (Å²) in [6.07, 6.45) is 7.00. The summed E-state index contributed by atoms with van der Waals surface area (Å²) in [5.74, 6) is 1.08. The Bertz CT molecular complexity index is 1350. The average Bonchev–Trinajstić information content (AvgIpc) is 3.40. The highest BCUT2D eigenvalue weighted by atomic mass is 16.3. The number of urea groups is 1. The van der Waals surface area contributed by atoms with Crippen molar-refractivity contribution in [3.05, 3.63) is 49.1 Å². The van der Waals surface area contributed by atoms with Crippen molar-refractivity contribution in [3.8, 4) is 11.6 Å². The molecule has 2 N–H and O–H groups in total. The predicted molar refractivity (Wildman–Crippen MR) is 103 cm³/mol. The van der Waals surface area contributed by atoms with Crippen LogP contribution in [0.3, 0.4) is 0 Å². The van der Waals surface area contributed by atoms with Gasteiger partial charge in [0.05, 0.1) is 11.6 Å². The second kappa shape index (κ2) is 6.41. The minimum atomic E-state index is -0.463. The number of carbonyl (C=O) groups is 1. The molecule has 144 valence electrons. The van der Waals surface area contributed by atoms with E-state index in [2.05, 4.69) is 30.8 Å². The molecule has 0 aliphatic heterocycles. The molecule has 5 aromatic heterocycles. The standard InChI is InChI=1S/C18H15N9O2/c1-25-7-3-5-11(9-25)19-18(28)22-17-21-14-12(10-26(2)23-14)16-20-15(24-27(16)17)13-6-4-8-29-13/h3-10H,1-2H3,(H-,19,21,22,23,28)/p+1. The molecule has 0 aliphatic carbocycles. The summed E-state index contributed by atoms with van der Waals surface area (Å²) in [7, 11) is 3.66. The Labute approximate surface area is 163 Å². The first kappa shape index (κ1) is 16.9. The molecule has 0 unspecified atom stereocenters. The van der Waals surface area contributed by atoms with Crippen LogP contribution in [0.4, 0.5) is 16.4 Å². The summed E-state index contributed by atoms with van der Waals surface area (Å²) < 4.78 is 10.3. The van der Waals surface area contributed by atoms with Crippen LogP contribution in [0, 0.1) is 0 Å². The lowest BCUT2D eigenvalue weighted by Crippen LogP contribution is -2.28. The molecule has 0 aliphatic rings. The first-order valence-corrected chi connectivity index (χ1v) is 8.74. The summed E-state index contributed by atoms with van der Waals surface area (Å²) >= 11 is 0. The Kier molecular flexibility index (Phi) is 3.72. The highest BCUT2D eigenvalue weighted by molar-refractivity contribution is 6.00. The number of amides is 2. The number of hydrogen-bond donors (Lipinski definition) is 2. The number of nitrogens with one attached hydrogen (secondary N) is 2. The number of aromatic nitrogens is 7. The fraction of sp³-hybridized carbons (Fsp3) is 0.111. The summed E-state index contributed by atoms with van der Waals surface area (Å²) in [6, 6.07) is 6.67. The van der Waals surface area contributed by atoms with E-state index >= 15 is 0 Å². The van der Waals surface area contributed by atoms with Gasteiger partial charge < -0.3 is 9.73 Å². The van der Waals surface area contributed by atoms with Gasteiger partial charge in [-0.3, -0.25) is 10.00 Å². The molecule has 2 amide bonds. The highest BCUT2D eigenvalue weighted by Gasteiger charge is 2.19. The number of rotatable bonds is 3. The summed E-state index contributed by atoms with van der Waals surface area (Å²) in [6.45, 7) is 0. The molecule has 5 rings (SSSR count). The minimum absolute atomic E-state index is 0.189. The van der Waals surface area contributed by atoms with E-state index in [9.17, 15) is 4.79 Å². The van der Waals surface area contributed by atoms with Gasteiger partial charge in [0.2, 0.25) is 11.8 Å². The normalized spacial score (nSPS) is 11.2. The third-order valence-corrected chi connectivity index (χ3v) is 4.23. The zero-order chi connectivity index (χ0) is 20.0. The van der Waals surface area contributed by atoms with Gasteiger partial charge in [-0.05, 0) is 18.2 Å². The predicted octanol–water partition coefficient (Wildman–Crippen LogP) is 1.74. The minimum Gasteiger partial charge on any atom is -0.461 e. The number of furan rings is 1. The third-order valence-electron chi connectivity index (χ3n) is 4.23. The molecule has 11 heteroatoms. The summed E-state index contributed by atoms with van der Waals surface area (Å²) in [4.78, 5) is 21.5. The molecule has 5 heterocycles. The van der Waals surface area contributed by atoms with E-state index in [1.807, 2.05) is 23.9 Å². The lowest BCUT2D eigenvalue weighted by atomic mass is 10.4. The van der Waals surface area contributed by atoms with E-state index in [4.69, 9.17) is 4.42 Å². The molecule has 0 saturated carbocycles. The van der Waals surface area contributed by atoms with Crippen LogP contribution in [0.1, 0.15) is 0 Å². The van der Waals surface area contributed by atoms with E-state index in [1.54, 1.807) is 48.6 Å². The molecule has 11 nitrogen and oxygen atoms in total. The first-order chi connectivity index (χ1) is 14.1. The van der Waals surface area contributed by atoms with E-state index in [0.29, 0.717) is 34.0 Å². The molecule has 0 bridgehead atoms. The van der Waals surface area contributed by atoms with Gasteiger partial charge in [0.25, 0.3) is 0 Å². The number of carbonyl (C=O) groups excluding carboxylic acids is 1. The van der Waals surface area contributed by atoms with E-state index < -0.39 is 6.03 Å². The van der Waals surface area contributed by atoms with E-state index in [1.165, 1.54) is 4.52 Å².